The summed E-state index contributed by atoms with van der Waals surface area (Å²) in [6, 6.07) is 84.3. The monoisotopic (exact) mass is 1140 g/mol. The molecule has 12 aromatic rings. The molecule has 3 heterocycles. The Balaban J connectivity index is 0.974. The molecule has 2 aliphatic carbocycles. The molecule has 0 N–H and O–H groups in total. The van der Waals surface area contributed by atoms with Crippen molar-refractivity contribution in [2.45, 2.75) is 112 Å². The molecule has 1 aromatic heterocycles. The second kappa shape index (κ2) is 18.8. The average molecular weight is 1140 g/mol. The van der Waals surface area contributed by atoms with Crippen LogP contribution in [0.4, 0.5) is 51.2 Å². The number of rotatable bonds is 6. The van der Waals surface area contributed by atoms with E-state index in [1.54, 1.807) is 0 Å². The maximum Gasteiger partial charge on any atom is 0.252 e. The molecule has 11 aromatic carbocycles. The summed E-state index contributed by atoms with van der Waals surface area (Å²) in [5.41, 5.74) is 34.7. The Morgan fingerprint density at radius 1 is 0.375 bits per heavy atom. The standard InChI is InChI=1S/C83H75BN4/c1-50-41-76-78-77(42-50)88(57-33-37-63-61-26-18-21-29-67(61)83(12,13)69(63)47-57)75-49-59(35-40-71(75)84(78)70-39-31-53(80(4,5)6)45-74(70)87(76)56-32-36-62-60-25-17-20-28-66(60)82(10,11)68(62)46-56)85(79-51(2)43-54(44-52(79)3)81(7,8)9)58-34-38-65-64-27-19-22-30-72(64)86(73(65)48-58)55-23-15-14-16-24-55/h14-49H,1-13H3. The zero-order valence-corrected chi connectivity index (χ0v) is 53.2. The van der Waals surface area contributed by atoms with Crippen LogP contribution in [-0.4, -0.2) is 11.3 Å². The van der Waals surface area contributed by atoms with E-state index in [9.17, 15) is 0 Å². The van der Waals surface area contributed by atoms with E-state index in [-0.39, 0.29) is 28.4 Å². The van der Waals surface area contributed by atoms with Crippen LogP contribution in [0.1, 0.15) is 119 Å². The molecule has 5 heteroatoms. The van der Waals surface area contributed by atoms with Crippen LogP contribution in [0.5, 0.6) is 0 Å². The van der Waals surface area contributed by atoms with Crippen molar-refractivity contribution in [3.05, 3.63) is 268 Å². The van der Waals surface area contributed by atoms with E-state index in [2.05, 4.69) is 328 Å². The highest BCUT2D eigenvalue weighted by molar-refractivity contribution is 7.00. The van der Waals surface area contributed by atoms with E-state index < -0.39 is 0 Å². The second-order valence-electron chi connectivity index (χ2n) is 28.8. The summed E-state index contributed by atoms with van der Waals surface area (Å²) in [6.45, 7) is 30.5. The van der Waals surface area contributed by atoms with Gasteiger partial charge in [-0.05, 0) is 205 Å². The van der Waals surface area contributed by atoms with Gasteiger partial charge in [0.2, 0.25) is 0 Å². The van der Waals surface area contributed by atoms with Gasteiger partial charge in [0, 0.05) is 72.8 Å². The maximum atomic E-state index is 2.65. The van der Waals surface area contributed by atoms with Gasteiger partial charge in [-0.25, -0.2) is 0 Å². The summed E-state index contributed by atoms with van der Waals surface area (Å²) in [4.78, 5) is 7.85. The zero-order chi connectivity index (χ0) is 60.7. The van der Waals surface area contributed by atoms with Gasteiger partial charge in [0.1, 0.15) is 0 Å². The predicted octanol–water partition coefficient (Wildman–Crippen LogP) is 20.5. The van der Waals surface area contributed by atoms with Gasteiger partial charge in [-0.1, -0.05) is 203 Å². The molecule has 0 unspecified atom stereocenters. The molecule has 430 valence electrons. The molecule has 0 amide bonds. The topological polar surface area (TPSA) is 14.7 Å². The van der Waals surface area contributed by atoms with Crippen LogP contribution < -0.4 is 31.1 Å². The number of nitrogens with zero attached hydrogens (tertiary/aromatic N) is 4. The Morgan fingerprint density at radius 3 is 1.45 bits per heavy atom. The highest BCUT2D eigenvalue weighted by Gasteiger charge is 2.46. The zero-order valence-electron chi connectivity index (χ0n) is 53.2. The first-order valence-electron chi connectivity index (χ1n) is 31.7. The summed E-state index contributed by atoms with van der Waals surface area (Å²) in [5, 5.41) is 2.47. The molecular formula is C83H75BN4. The van der Waals surface area contributed by atoms with E-state index in [1.807, 2.05) is 0 Å². The number of hydrogen-bond acceptors (Lipinski definition) is 3. The summed E-state index contributed by atoms with van der Waals surface area (Å²) in [6.07, 6.45) is 0. The van der Waals surface area contributed by atoms with Crippen molar-refractivity contribution >= 4 is 96.1 Å². The van der Waals surface area contributed by atoms with Gasteiger partial charge in [-0.2, -0.15) is 0 Å². The molecule has 16 rings (SSSR count). The molecule has 0 bridgehead atoms. The number of benzene rings is 11. The van der Waals surface area contributed by atoms with Crippen molar-refractivity contribution in [3.8, 4) is 27.9 Å². The Morgan fingerprint density at radius 2 is 0.864 bits per heavy atom. The third-order valence-electron chi connectivity index (χ3n) is 20.5. The highest BCUT2D eigenvalue weighted by Crippen LogP contribution is 2.55. The van der Waals surface area contributed by atoms with E-state index in [1.165, 1.54) is 145 Å². The number of aromatic nitrogens is 1. The molecule has 0 spiro atoms. The van der Waals surface area contributed by atoms with Gasteiger partial charge >= 0.3 is 0 Å². The normalized spacial score (nSPS) is 14.8. The number of hydrogen-bond donors (Lipinski definition) is 0. The summed E-state index contributed by atoms with van der Waals surface area (Å²) < 4.78 is 2.45. The van der Waals surface area contributed by atoms with Crippen molar-refractivity contribution in [1.82, 2.24) is 4.57 Å². The summed E-state index contributed by atoms with van der Waals surface area (Å²) in [7, 11) is 0. The van der Waals surface area contributed by atoms with Crippen LogP contribution in [0.3, 0.4) is 0 Å². The van der Waals surface area contributed by atoms with Crippen molar-refractivity contribution in [1.29, 1.82) is 0 Å². The minimum atomic E-state index is -0.204. The molecule has 4 nitrogen and oxygen atoms in total. The molecule has 4 aliphatic rings. The largest absolute Gasteiger partial charge is 0.311 e. The lowest BCUT2D eigenvalue weighted by Gasteiger charge is -2.45. The summed E-state index contributed by atoms with van der Waals surface area (Å²) in [5.74, 6) is 0. The number of para-hydroxylation sites is 2. The lowest BCUT2D eigenvalue weighted by molar-refractivity contribution is 0.589. The Bertz CT molecular complexity index is 4920. The first-order chi connectivity index (χ1) is 42.2. The molecule has 0 saturated heterocycles. The number of anilines is 9. The molecule has 0 fully saturated rings. The molecule has 0 radical (unpaired) electrons. The first-order valence-corrected chi connectivity index (χ1v) is 31.7. The fourth-order valence-electron chi connectivity index (χ4n) is 16.0. The molecule has 0 saturated carbocycles. The lowest BCUT2D eigenvalue weighted by atomic mass is 9.33. The minimum absolute atomic E-state index is 0.0284. The van der Waals surface area contributed by atoms with Crippen molar-refractivity contribution < 1.29 is 0 Å². The second-order valence-corrected chi connectivity index (χ2v) is 28.8. The van der Waals surface area contributed by atoms with Gasteiger partial charge in [-0.15, -0.1) is 0 Å². The van der Waals surface area contributed by atoms with Crippen LogP contribution >= 0.6 is 0 Å². The number of aryl methyl sites for hydroxylation is 3. The van der Waals surface area contributed by atoms with Gasteiger partial charge in [-0.3, -0.25) is 0 Å². The molecule has 88 heavy (non-hydrogen) atoms. The Labute approximate surface area is 520 Å². The van der Waals surface area contributed by atoms with Gasteiger partial charge in [0.15, 0.2) is 0 Å². The van der Waals surface area contributed by atoms with Gasteiger partial charge in [0.25, 0.3) is 6.71 Å². The Kier molecular flexibility index (Phi) is 11.6. The lowest BCUT2D eigenvalue weighted by Crippen LogP contribution is -2.61. The third-order valence-corrected chi connectivity index (χ3v) is 20.5. The quantitative estimate of drug-likeness (QED) is 0.154. The molecule has 0 atom stereocenters. The van der Waals surface area contributed by atoms with E-state index in [0.29, 0.717) is 0 Å². The highest BCUT2D eigenvalue weighted by atomic mass is 15.2. The summed E-state index contributed by atoms with van der Waals surface area (Å²) >= 11 is 0. The van der Waals surface area contributed by atoms with Crippen LogP contribution in [0.2, 0.25) is 0 Å². The smallest absolute Gasteiger partial charge is 0.252 e. The van der Waals surface area contributed by atoms with Crippen LogP contribution in [0, 0.1) is 20.8 Å². The SMILES string of the molecule is Cc1cc2c3c(c1)N(c1ccc4c(c1)C(C)(C)c1ccccc1-4)c1cc(C(C)(C)C)ccc1B3c1ccc(N(c3ccc4c5ccccc5n(-c5ccccc5)c4c3)c3c(C)cc(C(C)(C)C)cc3C)cc1N2c1ccc2c(c1)C(C)(C)c1ccccc1-2. The van der Waals surface area contributed by atoms with Crippen molar-refractivity contribution in [2.75, 3.05) is 14.7 Å². The van der Waals surface area contributed by atoms with Crippen LogP contribution in [0.25, 0.3) is 49.7 Å². The molecular weight excluding hydrogens is 1060 g/mol. The predicted molar refractivity (Wildman–Crippen MR) is 376 cm³/mol. The minimum Gasteiger partial charge on any atom is -0.311 e. The van der Waals surface area contributed by atoms with Gasteiger partial charge < -0.3 is 19.3 Å². The van der Waals surface area contributed by atoms with Crippen LogP contribution in [0.15, 0.2) is 218 Å². The third kappa shape index (κ3) is 7.84. The van der Waals surface area contributed by atoms with Gasteiger partial charge in [0.05, 0.1) is 16.7 Å². The van der Waals surface area contributed by atoms with E-state index in [4.69, 9.17) is 0 Å². The van der Waals surface area contributed by atoms with E-state index >= 15 is 0 Å². The Hall–Kier alpha value is -9.32. The average Bonchev–Trinajstić information content (AvgIpc) is 0.859. The first kappa shape index (κ1) is 54.1. The fraction of sp³-hybridized carbons (Fsp3) is 0.205. The van der Waals surface area contributed by atoms with E-state index in [0.717, 1.165) is 22.7 Å². The fourth-order valence-corrected chi connectivity index (χ4v) is 16.0. The maximum absolute atomic E-state index is 2.65. The van der Waals surface area contributed by atoms with Crippen molar-refractivity contribution in [2.24, 2.45) is 0 Å². The van der Waals surface area contributed by atoms with Crippen LogP contribution in [-0.2, 0) is 21.7 Å². The molecule has 2 aliphatic heterocycles. The van der Waals surface area contributed by atoms with Crippen molar-refractivity contribution in [3.63, 3.8) is 0 Å². The number of fused-ring (bicyclic) bond motifs is 13.